The number of anilines is 1. The van der Waals surface area contributed by atoms with Crippen molar-refractivity contribution in [3.05, 3.63) is 59.3 Å². The van der Waals surface area contributed by atoms with Crippen LogP contribution in [0.4, 0.5) is 5.69 Å². The van der Waals surface area contributed by atoms with Gasteiger partial charge < -0.3 is 21.1 Å². The number of phenolic OH excluding ortho intramolecular Hbond substituents is 1. The van der Waals surface area contributed by atoms with E-state index in [1.54, 1.807) is 30.5 Å². The molecule has 10 heteroatoms. The van der Waals surface area contributed by atoms with E-state index in [9.17, 15) is 15.3 Å². The lowest BCUT2D eigenvalue weighted by molar-refractivity contribution is 0.0108. The van der Waals surface area contributed by atoms with Crippen LogP contribution in [0.2, 0.25) is 0 Å². The number of aromatic hydroxyl groups is 1. The Bertz CT molecular complexity index is 1030. The van der Waals surface area contributed by atoms with Gasteiger partial charge in [0.2, 0.25) is 0 Å². The van der Waals surface area contributed by atoms with Crippen LogP contribution in [-0.2, 0) is 6.54 Å². The van der Waals surface area contributed by atoms with Crippen molar-refractivity contribution in [3.8, 4) is 11.8 Å². The second-order valence-corrected chi connectivity index (χ2v) is 8.11. The molecule has 1 saturated heterocycles. The molecule has 0 aromatic heterocycles. The lowest BCUT2D eigenvalue weighted by atomic mass is 9.92. The first-order valence-electron chi connectivity index (χ1n) is 10.9. The van der Waals surface area contributed by atoms with E-state index in [4.69, 9.17) is 24.7 Å². The number of likely N-dealkylation sites (tertiary alicyclic amines) is 1. The molecule has 0 bridgehead atoms. The van der Waals surface area contributed by atoms with Crippen LogP contribution >= 0.6 is 12.6 Å². The highest BCUT2D eigenvalue weighted by atomic mass is 32.1. The number of nitrogens with zero attached hydrogens (tertiary/aromatic N) is 3. The van der Waals surface area contributed by atoms with Crippen LogP contribution in [-0.4, -0.2) is 60.1 Å². The molecule has 7 N–H and O–H groups in total. The summed E-state index contributed by atoms with van der Waals surface area (Å²) < 4.78 is 0. The largest absolute Gasteiger partial charge is 0.508 e. The van der Waals surface area contributed by atoms with Gasteiger partial charge in [-0.05, 0) is 55.8 Å². The summed E-state index contributed by atoms with van der Waals surface area (Å²) in [5, 5.41) is 39.9. The van der Waals surface area contributed by atoms with Gasteiger partial charge in [-0.15, -0.1) is 0 Å². The molecule has 0 aliphatic carbocycles. The van der Waals surface area contributed by atoms with E-state index < -0.39 is 6.10 Å². The van der Waals surface area contributed by atoms with Gasteiger partial charge in [0.25, 0.3) is 0 Å². The van der Waals surface area contributed by atoms with Gasteiger partial charge in [0, 0.05) is 36.1 Å². The van der Waals surface area contributed by atoms with Crippen LogP contribution in [0.5, 0.6) is 5.75 Å². The zero-order valence-corrected chi connectivity index (χ0v) is 20.2. The van der Waals surface area contributed by atoms with Crippen molar-refractivity contribution >= 4 is 37.3 Å². The normalized spacial score (nSPS) is 16.8. The number of thiol groups is 1. The molecule has 35 heavy (non-hydrogen) atoms. The number of nitriles is 1. The average molecular weight is 497 g/mol. The van der Waals surface area contributed by atoms with Gasteiger partial charge in [0.1, 0.15) is 13.6 Å². The summed E-state index contributed by atoms with van der Waals surface area (Å²) in [4.78, 5) is 2.16. The van der Waals surface area contributed by atoms with Crippen molar-refractivity contribution in [1.82, 2.24) is 4.90 Å². The number of rotatable bonds is 7. The summed E-state index contributed by atoms with van der Waals surface area (Å²) >= 11 is 3.53. The Balaban J connectivity index is 0.00000199. The molecular formula is C25H36BN5O3S. The number of hydrogen-bond donors (Lipinski definition) is 6. The lowest BCUT2D eigenvalue weighted by Crippen LogP contribution is -2.41. The van der Waals surface area contributed by atoms with Crippen molar-refractivity contribution in [1.29, 1.82) is 5.26 Å². The minimum atomic E-state index is -0.719. The molecule has 0 saturated carbocycles. The van der Waals surface area contributed by atoms with Gasteiger partial charge in [-0.25, -0.2) is 5.84 Å². The minimum absolute atomic E-state index is 0. The Hall–Kier alpha value is -2.68. The monoisotopic (exact) mass is 497 g/mol. The first kappa shape index (κ1) is 30.4. The molecule has 0 amide bonds. The van der Waals surface area contributed by atoms with Gasteiger partial charge in [-0.3, -0.25) is 9.91 Å². The molecule has 2 aromatic rings. The molecule has 0 spiro atoms. The highest BCUT2D eigenvalue weighted by Crippen LogP contribution is 2.27. The zero-order valence-electron chi connectivity index (χ0n) is 19.3. The van der Waals surface area contributed by atoms with Gasteiger partial charge >= 0.3 is 0 Å². The van der Waals surface area contributed by atoms with Gasteiger partial charge in [-0.1, -0.05) is 25.0 Å². The van der Waals surface area contributed by atoms with Crippen LogP contribution in [0.25, 0.3) is 5.70 Å². The van der Waals surface area contributed by atoms with E-state index in [2.05, 4.69) is 17.5 Å². The highest BCUT2D eigenvalue weighted by Gasteiger charge is 2.26. The number of benzene rings is 2. The standard InChI is InChI=1S/C23H28BN5O3.CH4S.CH4/c24-19-8-15(10-25)3-6-21(19)29(27)13-20(26)16-4-5-18(22(31)9-16)12-28-7-1-2-17(11-28)23(32)14-30;1-2;/h3-6,8-9,13,17,23,30-32H,1-2,7,11-12,14,26-27H2;2H,1H3;1H4/b20-13-;;. The molecule has 8 nitrogen and oxygen atoms in total. The maximum absolute atomic E-state index is 10.6. The third-order valence-corrected chi connectivity index (χ3v) is 5.80. The SMILES string of the molecule is C.CS.[B]c1cc(C#N)ccc1N(N)/C=C(\N)c1ccc(CN2CCCC(C(O)CO)C2)c(O)c1. The van der Waals surface area contributed by atoms with Gasteiger partial charge in [0.05, 0.1) is 30.0 Å². The number of aliphatic hydroxyl groups excluding tert-OH is 2. The fraction of sp³-hybridized carbons (Fsp3) is 0.400. The van der Waals surface area contributed by atoms with E-state index in [0.29, 0.717) is 41.1 Å². The van der Waals surface area contributed by atoms with Crippen molar-refractivity contribution < 1.29 is 15.3 Å². The van der Waals surface area contributed by atoms with Crippen LogP contribution < -0.4 is 22.0 Å². The molecule has 3 rings (SSSR count). The van der Waals surface area contributed by atoms with Crippen molar-refractivity contribution in [2.45, 2.75) is 32.9 Å². The van der Waals surface area contributed by atoms with E-state index in [1.807, 2.05) is 12.1 Å². The molecule has 2 radical (unpaired) electrons. The fourth-order valence-electron chi connectivity index (χ4n) is 3.97. The highest BCUT2D eigenvalue weighted by molar-refractivity contribution is 7.79. The van der Waals surface area contributed by atoms with E-state index in [0.717, 1.165) is 24.9 Å². The van der Waals surface area contributed by atoms with E-state index in [1.165, 1.54) is 17.3 Å². The Morgan fingerprint density at radius 3 is 2.66 bits per heavy atom. The van der Waals surface area contributed by atoms with Crippen LogP contribution in [0.1, 0.15) is 37.0 Å². The molecule has 2 unspecified atom stereocenters. The van der Waals surface area contributed by atoms with Crippen molar-refractivity contribution in [2.24, 2.45) is 17.5 Å². The molecular weight excluding hydrogens is 461 g/mol. The molecule has 188 valence electrons. The van der Waals surface area contributed by atoms with Crippen LogP contribution in [0.3, 0.4) is 0 Å². The Kier molecular flexibility index (Phi) is 12.7. The number of nitrogens with two attached hydrogens (primary N) is 2. The number of hydrogen-bond acceptors (Lipinski definition) is 9. The summed E-state index contributed by atoms with van der Waals surface area (Å²) in [6, 6.07) is 12.0. The molecule has 2 aromatic carbocycles. The van der Waals surface area contributed by atoms with Crippen molar-refractivity contribution in [3.63, 3.8) is 0 Å². The third kappa shape index (κ3) is 8.20. The van der Waals surface area contributed by atoms with Gasteiger partial charge in [-0.2, -0.15) is 17.9 Å². The summed E-state index contributed by atoms with van der Waals surface area (Å²) in [6.07, 6.45) is 4.28. The lowest BCUT2D eigenvalue weighted by Gasteiger charge is -2.34. The summed E-state index contributed by atoms with van der Waals surface area (Å²) in [6.45, 7) is 1.83. The summed E-state index contributed by atoms with van der Waals surface area (Å²) in [5.74, 6) is 6.22. The number of piperidine rings is 1. The smallest absolute Gasteiger partial charge is 0.120 e. The summed E-state index contributed by atoms with van der Waals surface area (Å²) in [7, 11) is 5.97. The molecule has 2 atom stereocenters. The predicted octanol–water partition coefficient (Wildman–Crippen LogP) is 1.44. The third-order valence-electron chi connectivity index (χ3n) is 5.80. The first-order valence-corrected chi connectivity index (χ1v) is 11.8. The Morgan fingerprint density at radius 1 is 1.34 bits per heavy atom. The minimum Gasteiger partial charge on any atom is -0.508 e. The number of hydrazine groups is 1. The van der Waals surface area contributed by atoms with Gasteiger partial charge in [0.15, 0.2) is 0 Å². The number of aliphatic hydroxyl groups is 2. The second kappa shape index (κ2) is 14.7. The van der Waals surface area contributed by atoms with Crippen molar-refractivity contribution in [2.75, 3.05) is 31.0 Å². The summed E-state index contributed by atoms with van der Waals surface area (Å²) in [5.41, 5.74) is 9.15. The maximum atomic E-state index is 10.6. The molecule has 1 aliphatic rings. The first-order chi connectivity index (χ1) is 16.3. The Labute approximate surface area is 215 Å². The molecule has 1 heterocycles. The Morgan fingerprint density at radius 2 is 2.06 bits per heavy atom. The molecule has 1 fully saturated rings. The topological polar surface area (TPSA) is 143 Å². The number of phenols is 1. The average Bonchev–Trinajstić information content (AvgIpc) is 2.85. The molecule has 1 aliphatic heterocycles. The predicted molar refractivity (Wildman–Crippen MR) is 146 cm³/mol. The quantitative estimate of drug-likeness (QED) is 0.146. The van der Waals surface area contributed by atoms with Crippen LogP contribution in [0, 0.1) is 17.2 Å². The van der Waals surface area contributed by atoms with Crippen LogP contribution in [0.15, 0.2) is 42.6 Å². The van der Waals surface area contributed by atoms with E-state index >= 15 is 0 Å². The fourth-order valence-corrected chi connectivity index (χ4v) is 3.97. The van der Waals surface area contributed by atoms with E-state index in [-0.39, 0.29) is 25.7 Å². The maximum Gasteiger partial charge on any atom is 0.120 e. The zero-order chi connectivity index (χ0) is 25.3. The second-order valence-electron chi connectivity index (χ2n) is 8.11.